The summed E-state index contributed by atoms with van der Waals surface area (Å²) in [6.45, 7) is 0.852. The van der Waals surface area contributed by atoms with Gasteiger partial charge in [-0.05, 0) is 36.4 Å². The van der Waals surface area contributed by atoms with Crippen molar-refractivity contribution in [2.24, 2.45) is 0 Å². The number of nitrogens with one attached hydrogen (secondary N) is 2. The van der Waals surface area contributed by atoms with E-state index < -0.39 is 10.8 Å². The Hall–Kier alpha value is -2.45. The van der Waals surface area contributed by atoms with E-state index in [1.807, 2.05) is 0 Å². The van der Waals surface area contributed by atoms with Crippen LogP contribution in [0.15, 0.2) is 46.9 Å². The molecule has 0 aromatic heterocycles. The number of nitro benzene ring substituents is 1. The number of rotatable bonds is 7. The number of hydrogen-bond donors (Lipinski definition) is 2. The largest absolute Gasteiger partial charge is 0.383 e. The molecule has 2 N–H and O–H groups in total. The van der Waals surface area contributed by atoms with Crippen LogP contribution in [-0.2, 0) is 4.74 Å². The third-order valence-corrected chi connectivity index (χ3v) is 3.71. The number of ether oxygens (including phenoxy) is 1. The molecule has 0 aliphatic heterocycles. The average Bonchev–Trinajstić information content (AvgIpc) is 2.57. The second-order valence-corrected chi connectivity index (χ2v) is 5.79. The minimum atomic E-state index is -0.522. The van der Waals surface area contributed by atoms with Gasteiger partial charge in [-0.25, -0.2) is 0 Å². The molecule has 24 heavy (non-hydrogen) atoms. The maximum absolute atomic E-state index is 12.3. The Kier molecular flexibility index (Phi) is 6.28. The number of carbonyl (C=O) groups excluding carboxylic acids is 1. The predicted molar refractivity (Wildman–Crippen MR) is 95.6 cm³/mol. The molecule has 0 aliphatic carbocycles. The fraction of sp³-hybridized carbons (Fsp3) is 0.188. The molecule has 0 spiro atoms. The molecule has 1 amide bonds. The number of nitrogens with zero attached hydrogens (tertiary/aromatic N) is 1. The van der Waals surface area contributed by atoms with Crippen LogP contribution >= 0.6 is 15.9 Å². The Bertz CT molecular complexity index is 735. The zero-order valence-corrected chi connectivity index (χ0v) is 14.5. The molecule has 7 nitrogen and oxygen atoms in total. The van der Waals surface area contributed by atoms with Gasteiger partial charge in [0.1, 0.15) is 5.69 Å². The van der Waals surface area contributed by atoms with Crippen LogP contribution < -0.4 is 10.6 Å². The molecule has 126 valence electrons. The number of nitro groups is 1. The van der Waals surface area contributed by atoms with E-state index in [0.29, 0.717) is 24.5 Å². The van der Waals surface area contributed by atoms with Crippen molar-refractivity contribution < 1.29 is 14.5 Å². The summed E-state index contributed by atoms with van der Waals surface area (Å²) in [6, 6.07) is 11.4. The van der Waals surface area contributed by atoms with Gasteiger partial charge in [0.15, 0.2) is 0 Å². The summed E-state index contributed by atoms with van der Waals surface area (Å²) >= 11 is 3.31. The van der Waals surface area contributed by atoms with Gasteiger partial charge in [-0.1, -0.05) is 15.9 Å². The van der Waals surface area contributed by atoms with Crippen LogP contribution in [0.5, 0.6) is 0 Å². The third-order valence-electron chi connectivity index (χ3n) is 3.18. The summed E-state index contributed by atoms with van der Waals surface area (Å²) in [5, 5.41) is 16.8. The molecule has 0 radical (unpaired) electrons. The van der Waals surface area contributed by atoms with Gasteiger partial charge >= 0.3 is 0 Å². The van der Waals surface area contributed by atoms with Crippen molar-refractivity contribution in [2.75, 3.05) is 30.9 Å². The number of halogens is 1. The van der Waals surface area contributed by atoms with Crippen molar-refractivity contribution in [3.63, 3.8) is 0 Å². The number of amides is 1. The summed E-state index contributed by atoms with van der Waals surface area (Å²) in [5.74, 6) is -0.413. The van der Waals surface area contributed by atoms with Crippen LogP contribution in [0, 0.1) is 10.1 Å². The number of carbonyl (C=O) groups is 1. The molecule has 0 fully saturated rings. The van der Waals surface area contributed by atoms with E-state index in [2.05, 4.69) is 26.6 Å². The fourth-order valence-corrected chi connectivity index (χ4v) is 2.26. The molecule has 0 saturated heterocycles. The van der Waals surface area contributed by atoms with E-state index >= 15 is 0 Å². The van der Waals surface area contributed by atoms with Gasteiger partial charge in [0, 0.05) is 35.4 Å². The number of hydrogen-bond acceptors (Lipinski definition) is 5. The van der Waals surface area contributed by atoms with Crippen LogP contribution in [0.4, 0.5) is 17.1 Å². The molecular formula is C16H16BrN3O4. The van der Waals surface area contributed by atoms with E-state index in [0.717, 1.165) is 4.47 Å². The van der Waals surface area contributed by atoms with Crippen molar-refractivity contribution in [3.05, 3.63) is 62.6 Å². The highest BCUT2D eigenvalue weighted by Crippen LogP contribution is 2.26. The second-order valence-electron chi connectivity index (χ2n) is 4.87. The first kappa shape index (κ1) is 17.9. The first-order valence-corrected chi connectivity index (χ1v) is 7.88. The minimum absolute atomic E-state index is 0.158. The van der Waals surface area contributed by atoms with Gasteiger partial charge in [-0.3, -0.25) is 14.9 Å². The lowest BCUT2D eigenvalue weighted by Gasteiger charge is -2.09. The number of benzene rings is 2. The van der Waals surface area contributed by atoms with E-state index in [1.54, 1.807) is 31.4 Å². The average molecular weight is 394 g/mol. The van der Waals surface area contributed by atoms with Crippen molar-refractivity contribution in [3.8, 4) is 0 Å². The van der Waals surface area contributed by atoms with Crippen LogP contribution in [0.2, 0.25) is 0 Å². The lowest BCUT2D eigenvalue weighted by Crippen LogP contribution is -2.13. The number of anilines is 2. The number of methoxy groups -OCH3 is 1. The lowest BCUT2D eigenvalue weighted by atomic mass is 10.1. The molecule has 0 bridgehead atoms. The van der Waals surface area contributed by atoms with Gasteiger partial charge in [0.25, 0.3) is 11.6 Å². The summed E-state index contributed by atoms with van der Waals surface area (Å²) in [6.07, 6.45) is 0. The highest BCUT2D eigenvalue weighted by atomic mass is 79.9. The molecule has 0 unspecified atom stereocenters. The molecular weight excluding hydrogens is 378 g/mol. The van der Waals surface area contributed by atoms with Gasteiger partial charge in [-0.2, -0.15) is 0 Å². The molecule has 0 saturated carbocycles. The zero-order valence-electron chi connectivity index (χ0n) is 12.9. The highest BCUT2D eigenvalue weighted by Gasteiger charge is 2.17. The molecule has 2 aromatic rings. The molecule has 0 atom stereocenters. The standard InChI is InChI=1S/C16H16BrN3O4/c1-24-9-8-18-14-7-2-11(10-15(14)20(22)23)16(21)19-13-5-3-12(17)4-6-13/h2-7,10,18H,8-9H2,1H3,(H,19,21). The highest BCUT2D eigenvalue weighted by molar-refractivity contribution is 9.10. The molecule has 2 rings (SSSR count). The first-order valence-electron chi connectivity index (χ1n) is 7.09. The third kappa shape index (κ3) is 4.77. The quantitative estimate of drug-likeness (QED) is 0.425. The van der Waals surface area contributed by atoms with Gasteiger partial charge in [-0.15, -0.1) is 0 Å². The van der Waals surface area contributed by atoms with Crippen molar-refractivity contribution in [1.29, 1.82) is 0 Å². The van der Waals surface area contributed by atoms with Gasteiger partial charge < -0.3 is 15.4 Å². The van der Waals surface area contributed by atoms with E-state index in [1.165, 1.54) is 18.2 Å². The smallest absolute Gasteiger partial charge is 0.293 e. The van der Waals surface area contributed by atoms with E-state index in [-0.39, 0.29) is 11.3 Å². The fourth-order valence-electron chi connectivity index (χ4n) is 2.00. The Morgan fingerprint density at radius 3 is 2.58 bits per heavy atom. The van der Waals surface area contributed by atoms with Crippen LogP contribution in [0.1, 0.15) is 10.4 Å². The summed E-state index contributed by atoms with van der Waals surface area (Å²) in [4.78, 5) is 23.0. The normalized spacial score (nSPS) is 10.2. The monoisotopic (exact) mass is 393 g/mol. The van der Waals surface area contributed by atoms with Gasteiger partial charge in [0.2, 0.25) is 0 Å². The molecule has 0 aliphatic rings. The Labute approximate surface area is 147 Å². The van der Waals surface area contributed by atoms with Gasteiger partial charge in [0.05, 0.1) is 11.5 Å². The minimum Gasteiger partial charge on any atom is -0.383 e. The Morgan fingerprint density at radius 1 is 1.25 bits per heavy atom. The van der Waals surface area contributed by atoms with Crippen LogP contribution in [0.25, 0.3) is 0 Å². The summed E-state index contributed by atoms with van der Waals surface area (Å²) in [5.41, 5.74) is 1.00. The molecule has 8 heteroatoms. The molecule has 0 heterocycles. The lowest BCUT2D eigenvalue weighted by molar-refractivity contribution is -0.384. The van der Waals surface area contributed by atoms with Crippen molar-refractivity contribution in [2.45, 2.75) is 0 Å². The maximum atomic E-state index is 12.3. The zero-order chi connectivity index (χ0) is 17.5. The predicted octanol–water partition coefficient (Wildman–Crippen LogP) is 3.67. The van der Waals surface area contributed by atoms with E-state index in [4.69, 9.17) is 4.74 Å². The summed E-state index contributed by atoms with van der Waals surface area (Å²) in [7, 11) is 1.55. The maximum Gasteiger partial charge on any atom is 0.293 e. The summed E-state index contributed by atoms with van der Waals surface area (Å²) < 4.78 is 5.79. The topological polar surface area (TPSA) is 93.5 Å². The first-order chi connectivity index (χ1) is 11.5. The van der Waals surface area contributed by atoms with Crippen LogP contribution in [0.3, 0.4) is 0 Å². The SMILES string of the molecule is COCCNc1ccc(C(=O)Nc2ccc(Br)cc2)cc1[N+](=O)[O-]. The Morgan fingerprint density at radius 2 is 1.96 bits per heavy atom. The van der Waals surface area contributed by atoms with Crippen molar-refractivity contribution >= 4 is 38.9 Å². The second kappa shape index (κ2) is 8.42. The van der Waals surface area contributed by atoms with Crippen LogP contribution in [-0.4, -0.2) is 31.1 Å². The van der Waals surface area contributed by atoms with E-state index in [9.17, 15) is 14.9 Å². The molecule has 2 aromatic carbocycles. The van der Waals surface area contributed by atoms with Crippen molar-refractivity contribution in [1.82, 2.24) is 0 Å². The Balaban J connectivity index is 2.17.